The second-order valence-corrected chi connectivity index (χ2v) is 8.61. The number of piperazine rings is 1. The van der Waals surface area contributed by atoms with E-state index in [2.05, 4.69) is 33.9 Å². The average Bonchev–Trinajstić information content (AvgIpc) is 2.83. The van der Waals surface area contributed by atoms with Gasteiger partial charge in [0.05, 0.1) is 0 Å². The van der Waals surface area contributed by atoms with E-state index in [1.807, 2.05) is 12.1 Å². The van der Waals surface area contributed by atoms with E-state index in [4.69, 9.17) is 4.74 Å². The third-order valence-corrected chi connectivity index (χ3v) is 6.04. The van der Waals surface area contributed by atoms with E-state index in [9.17, 15) is 5.11 Å². The SMILES string of the molecule is CN1CCN(C[C@@H](O)COc2ccc(CN3CCCCCCCC3)cc2)CC1. The van der Waals surface area contributed by atoms with Gasteiger partial charge in [0.1, 0.15) is 18.5 Å². The summed E-state index contributed by atoms with van der Waals surface area (Å²) in [6.45, 7) is 8.73. The Morgan fingerprint density at radius 3 is 2.07 bits per heavy atom. The minimum atomic E-state index is -0.437. The first-order chi connectivity index (χ1) is 13.7. The normalized spacial score (nSPS) is 22.2. The number of aliphatic hydroxyl groups is 1. The van der Waals surface area contributed by atoms with Crippen molar-refractivity contribution in [2.75, 3.05) is 59.5 Å². The molecule has 0 saturated carbocycles. The van der Waals surface area contributed by atoms with Crippen LogP contribution < -0.4 is 4.74 Å². The molecule has 0 spiro atoms. The molecular weight excluding hydrogens is 350 g/mol. The molecular formula is C23H39N3O2. The number of hydrogen-bond donors (Lipinski definition) is 1. The molecule has 5 nitrogen and oxygen atoms in total. The van der Waals surface area contributed by atoms with Crippen LogP contribution in [-0.4, -0.2) is 85.4 Å². The highest BCUT2D eigenvalue weighted by Gasteiger charge is 2.17. The molecule has 0 radical (unpaired) electrons. The molecule has 3 rings (SSSR count). The fourth-order valence-corrected chi connectivity index (χ4v) is 4.17. The predicted octanol–water partition coefficient (Wildman–Crippen LogP) is 2.83. The van der Waals surface area contributed by atoms with Crippen LogP contribution in [0.25, 0.3) is 0 Å². The van der Waals surface area contributed by atoms with Crippen LogP contribution in [0, 0.1) is 0 Å². The van der Waals surface area contributed by atoms with Crippen molar-refractivity contribution in [1.82, 2.24) is 14.7 Å². The molecule has 5 heteroatoms. The lowest BCUT2D eigenvalue weighted by Gasteiger charge is -2.33. The van der Waals surface area contributed by atoms with E-state index < -0.39 is 6.10 Å². The molecule has 1 N–H and O–H groups in total. The molecule has 2 saturated heterocycles. The van der Waals surface area contributed by atoms with E-state index in [0.717, 1.165) is 38.5 Å². The summed E-state index contributed by atoms with van der Waals surface area (Å²) in [6.07, 6.45) is 7.77. The first kappa shape index (κ1) is 21.6. The second kappa shape index (κ2) is 11.8. The van der Waals surface area contributed by atoms with E-state index in [0.29, 0.717) is 13.2 Å². The molecule has 0 aromatic heterocycles. The van der Waals surface area contributed by atoms with Gasteiger partial charge in [-0.05, 0) is 50.7 Å². The van der Waals surface area contributed by atoms with Crippen molar-refractivity contribution in [3.63, 3.8) is 0 Å². The van der Waals surface area contributed by atoms with Crippen LogP contribution >= 0.6 is 0 Å². The molecule has 0 bridgehead atoms. The van der Waals surface area contributed by atoms with E-state index in [-0.39, 0.29) is 0 Å². The zero-order chi connectivity index (χ0) is 19.6. The lowest BCUT2D eigenvalue weighted by molar-refractivity contribution is 0.0505. The third-order valence-electron chi connectivity index (χ3n) is 6.04. The van der Waals surface area contributed by atoms with Gasteiger partial charge in [0, 0.05) is 39.3 Å². The van der Waals surface area contributed by atoms with E-state index >= 15 is 0 Å². The molecule has 1 aromatic rings. The topological polar surface area (TPSA) is 39.2 Å². The lowest BCUT2D eigenvalue weighted by atomic mass is 10.1. The number of rotatable bonds is 7. The average molecular weight is 390 g/mol. The maximum Gasteiger partial charge on any atom is 0.119 e. The largest absolute Gasteiger partial charge is 0.491 e. The molecule has 158 valence electrons. The first-order valence-corrected chi connectivity index (χ1v) is 11.2. The summed E-state index contributed by atoms with van der Waals surface area (Å²) < 4.78 is 5.83. The molecule has 1 aromatic carbocycles. The van der Waals surface area contributed by atoms with Gasteiger partial charge in [0.15, 0.2) is 0 Å². The predicted molar refractivity (Wildman–Crippen MR) is 115 cm³/mol. The van der Waals surface area contributed by atoms with Gasteiger partial charge >= 0.3 is 0 Å². The van der Waals surface area contributed by atoms with Gasteiger partial charge in [-0.2, -0.15) is 0 Å². The quantitative estimate of drug-likeness (QED) is 0.776. The van der Waals surface area contributed by atoms with Crippen molar-refractivity contribution in [3.05, 3.63) is 29.8 Å². The summed E-state index contributed by atoms with van der Waals surface area (Å²) in [7, 11) is 2.15. The van der Waals surface area contributed by atoms with Gasteiger partial charge < -0.3 is 14.7 Å². The van der Waals surface area contributed by atoms with Crippen LogP contribution in [0.4, 0.5) is 0 Å². The maximum atomic E-state index is 10.3. The molecule has 1 atom stereocenters. The van der Waals surface area contributed by atoms with Crippen LogP contribution in [0.1, 0.15) is 44.1 Å². The van der Waals surface area contributed by atoms with Crippen LogP contribution in [0.15, 0.2) is 24.3 Å². The Hall–Kier alpha value is -1.14. The third kappa shape index (κ3) is 7.70. The summed E-state index contributed by atoms with van der Waals surface area (Å²) >= 11 is 0. The molecule has 0 unspecified atom stereocenters. The van der Waals surface area contributed by atoms with Crippen LogP contribution in [0.3, 0.4) is 0 Å². The molecule has 0 amide bonds. The van der Waals surface area contributed by atoms with Crippen molar-refractivity contribution in [2.45, 2.75) is 51.2 Å². The number of benzene rings is 1. The van der Waals surface area contributed by atoms with Gasteiger partial charge in [-0.3, -0.25) is 9.80 Å². The summed E-state index contributed by atoms with van der Waals surface area (Å²) in [5, 5.41) is 10.3. The van der Waals surface area contributed by atoms with Crippen molar-refractivity contribution in [1.29, 1.82) is 0 Å². The second-order valence-electron chi connectivity index (χ2n) is 8.61. The van der Waals surface area contributed by atoms with Crippen LogP contribution in [-0.2, 0) is 6.54 Å². The molecule has 2 aliphatic heterocycles. The highest BCUT2D eigenvalue weighted by atomic mass is 16.5. The smallest absolute Gasteiger partial charge is 0.119 e. The molecule has 28 heavy (non-hydrogen) atoms. The standard InChI is InChI=1S/C23H39N3O2/c1-24-14-16-26(17-15-24)19-22(27)20-28-23-10-8-21(9-11-23)18-25-12-6-4-2-3-5-7-13-25/h8-11,22,27H,2-7,12-20H2,1H3/t22-/m1/s1. The fraction of sp³-hybridized carbons (Fsp3) is 0.739. The zero-order valence-corrected chi connectivity index (χ0v) is 17.7. The number of ether oxygens (including phenoxy) is 1. The summed E-state index contributed by atoms with van der Waals surface area (Å²) in [6, 6.07) is 8.45. The minimum Gasteiger partial charge on any atom is -0.491 e. The molecule has 0 aliphatic carbocycles. The van der Waals surface area contributed by atoms with Gasteiger partial charge in [0.2, 0.25) is 0 Å². The Balaban J connectivity index is 1.38. The molecule has 2 aliphatic rings. The Kier molecular flexibility index (Phi) is 9.06. The Morgan fingerprint density at radius 2 is 1.43 bits per heavy atom. The van der Waals surface area contributed by atoms with E-state index in [1.165, 1.54) is 57.2 Å². The van der Waals surface area contributed by atoms with Gasteiger partial charge in [0.25, 0.3) is 0 Å². The van der Waals surface area contributed by atoms with Crippen LogP contribution in [0.2, 0.25) is 0 Å². The number of β-amino-alcohol motifs (C(OH)–C–C–N with tert-alkyl or cyclic N) is 1. The van der Waals surface area contributed by atoms with Crippen molar-refractivity contribution in [3.8, 4) is 5.75 Å². The van der Waals surface area contributed by atoms with Crippen molar-refractivity contribution < 1.29 is 9.84 Å². The Bertz CT molecular complexity index is 533. The lowest BCUT2D eigenvalue weighted by Crippen LogP contribution is -2.47. The Morgan fingerprint density at radius 1 is 0.821 bits per heavy atom. The van der Waals surface area contributed by atoms with Gasteiger partial charge in [-0.15, -0.1) is 0 Å². The summed E-state index contributed by atoms with van der Waals surface area (Å²) in [5.74, 6) is 0.852. The zero-order valence-electron chi connectivity index (χ0n) is 17.7. The number of nitrogens with zero attached hydrogens (tertiary/aromatic N) is 3. The van der Waals surface area contributed by atoms with Crippen molar-refractivity contribution in [2.24, 2.45) is 0 Å². The first-order valence-electron chi connectivity index (χ1n) is 11.2. The Labute approximate surface area is 171 Å². The number of aliphatic hydroxyl groups excluding tert-OH is 1. The molecule has 2 heterocycles. The monoisotopic (exact) mass is 389 g/mol. The summed E-state index contributed by atoms with van der Waals surface area (Å²) in [5.41, 5.74) is 1.35. The molecule has 2 fully saturated rings. The number of hydrogen-bond acceptors (Lipinski definition) is 5. The van der Waals surface area contributed by atoms with Gasteiger partial charge in [-0.25, -0.2) is 0 Å². The minimum absolute atomic E-state index is 0.359. The summed E-state index contributed by atoms with van der Waals surface area (Å²) in [4.78, 5) is 7.25. The highest BCUT2D eigenvalue weighted by Crippen LogP contribution is 2.17. The maximum absolute atomic E-state index is 10.3. The fourth-order valence-electron chi connectivity index (χ4n) is 4.17. The van der Waals surface area contributed by atoms with Crippen molar-refractivity contribution >= 4 is 0 Å². The van der Waals surface area contributed by atoms with Crippen LogP contribution in [0.5, 0.6) is 5.75 Å². The number of likely N-dealkylation sites (N-methyl/N-ethyl adjacent to an activating group) is 1. The van der Waals surface area contributed by atoms with E-state index in [1.54, 1.807) is 0 Å². The highest BCUT2D eigenvalue weighted by molar-refractivity contribution is 5.27. The van der Waals surface area contributed by atoms with Gasteiger partial charge in [-0.1, -0.05) is 37.8 Å².